The molecule has 6 nitrogen and oxygen atoms in total. The third-order valence-electron chi connectivity index (χ3n) is 5.38. The molecule has 1 aromatic rings. The second-order valence-corrected chi connectivity index (χ2v) is 6.85. The van der Waals surface area contributed by atoms with Crippen molar-refractivity contribution in [1.29, 1.82) is 0 Å². The molecule has 26 heavy (non-hydrogen) atoms. The van der Waals surface area contributed by atoms with E-state index in [2.05, 4.69) is 44.2 Å². The van der Waals surface area contributed by atoms with Crippen LogP contribution in [0.3, 0.4) is 0 Å². The molecule has 0 bridgehead atoms. The lowest BCUT2D eigenvalue weighted by Crippen LogP contribution is -2.54. The lowest BCUT2D eigenvalue weighted by Gasteiger charge is -2.38. The van der Waals surface area contributed by atoms with Crippen LogP contribution in [0.2, 0.25) is 0 Å². The number of nitrogens with one attached hydrogen (secondary N) is 1. The SMILES string of the molecule is CN=C(NCC1CCCN1C)N1CCN(c2ccccc2OC)CC1.I. The number of rotatable bonds is 4. The summed E-state index contributed by atoms with van der Waals surface area (Å²) in [7, 11) is 5.84. The number of methoxy groups -OCH3 is 1. The van der Waals surface area contributed by atoms with Gasteiger partial charge in [0, 0.05) is 45.8 Å². The Kier molecular flexibility index (Phi) is 8.27. The van der Waals surface area contributed by atoms with Gasteiger partial charge in [-0.1, -0.05) is 12.1 Å². The number of para-hydroxylation sites is 2. The van der Waals surface area contributed by atoms with Crippen molar-refractivity contribution in [3.63, 3.8) is 0 Å². The summed E-state index contributed by atoms with van der Waals surface area (Å²) in [6.45, 7) is 6.09. The van der Waals surface area contributed by atoms with Crippen LogP contribution in [-0.4, -0.2) is 82.3 Å². The molecule has 7 heteroatoms. The standard InChI is InChI=1S/C19H31N5O.HI/c1-20-19(21-15-16-7-6-10-22(16)2)24-13-11-23(12-14-24)17-8-4-5-9-18(17)25-3;/h4-5,8-9,16H,6-7,10-15H2,1-3H3,(H,20,21);1H. The summed E-state index contributed by atoms with van der Waals surface area (Å²) in [5.74, 6) is 1.97. The number of hydrogen-bond acceptors (Lipinski definition) is 4. The summed E-state index contributed by atoms with van der Waals surface area (Å²) < 4.78 is 5.50. The molecule has 0 aliphatic carbocycles. The molecule has 2 heterocycles. The number of hydrogen-bond donors (Lipinski definition) is 1. The fourth-order valence-corrected chi connectivity index (χ4v) is 3.83. The molecule has 0 spiro atoms. The first-order valence-electron chi connectivity index (χ1n) is 9.26. The van der Waals surface area contributed by atoms with Gasteiger partial charge in [-0.05, 0) is 38.6 Å². The summed E-state index contributed by atoms with van der Waals surface area (Å²) in [5, 5.41) is 3.58. The largest absolute Gasteiger partial charge is 0.495 e. The van der Waals surface area contributed by atoms with E-state index >= 15 is 0 Å². The van der Waals surface area contributed by atoms with Gasteiger partial charge in [-0.3, -0.25) is 4.99 Å². The van der Waals surface area contributed by atoms with Gasteiger partial charge in [0.05, 0.1) is 12.8 Å². The number of aliphatic imine (C=N–C) groups is 1. The Morgan fingerprint density at radius 3 is 2.54 bits per heavy atom. The lowest BCUT2D eigenvalue weighted by atomic mass is 10.2. The maximum absolute atomic E-state index is 5.50. The first kappa shape index (κ1) is 21.1. The van der Waals surface area contributed by atoms with Crippen LogP contribution in [-0.2, 0) is 0 Å². The monoisotopic (exact) mass is 473 g/mol. The first-order chi connectivity index (χ1) is 12.2. The van der Waals surface area contributed by atoms with E-state index in [1.54, 1.807) is 7.11 Å². The topological polar surface area (TPSA) is 43.3 Å². The smallest absolute Gasteiger partial charge is 0.193 e. The minimum absolute atomic E-state index is 0. The van der Waals surface area contributed by atoms with Crippen molar-refractivity contribution >= 4 is 35.6 Å². The van der Waals surface area contributed by atoms with Gasteiger partial charge in [-0.15, -0.1) is 24.0 Å². The van der Waals surface area contributed by atoms with Gasteiger partial charge in [0.1, 0.15) is 5.75 Å². The van der Waals surface area contributed by atoms with E-state index in [0.29, 0.717) is 6.04 Å². The third kappa shape index (κ3) is 4.94. The van der Waals surface area contributed by atoms with Crippen molar-refractivity contribution in [1.82, 2.24) is 15.1 Å². The predicted octanol–water partition coefficient (Wildman–Crippen LogP) is 2.10. The summed E-state index contributed by atoms with van der Waals surface area (Å²) in [6.07, 6.45) is 2.58. The molecule has 0 amide bonds. The molecular formula is C19H32IN5O. The molecular weight excluding hydrogens is 441 g/mol. The molecule has 2 saturated heterocycles. The van der Waals surface area contributed by atoms with Crippen molar-refractivity contribution in [2.24, 2.45) is 4.99 Å². The van der Waals surface area contributed by atoms with Crippen LogP contribution in [0, 0.1) is 0 Å². The second kappa shape index (κ2) is 10.2. The number of ether oxygens (including phenoxy) is 1. The quantitative estimate of drug-likeness (QED) is 0.413. The van der Waals surface area contributed by atoms with Crippen LogP contribution >= 0.6 is 24.0 Å². The van der Waals surface area contributed by atoms with E-state index in [1.165, 1.54) is 25.1 Å². The minimum Gasteiger partial charge on any atom is -0.495 e. The van der Waals surface area contributed by atoms with Crippen LogP contribution in [0.4, 0.5) is 5.69 Å². The zero-order chi connectivity index (χ0) is 17.6. The van der Waals surface area contributed by atoms with Gasteiger partial charge in [0.2, 0.25) is 0 Å². The van der Waals surface area contributed by atoms with Crippen molar-refractivity contribution in [2.45, 2.75) is 18.9 Å². The molecule has 3 rings (SSSR count). The normalized spacial score (nSPS) is 21.5. The Morgan fingerprint density at radius 2 is 1.92 bits per heavy atom. The second-order valence-electron chi connectivity index (χ2n) is 6.85. The van der Waals surface area contributed by atoms with Crippen molar-refractivity contribution in [2.75, 3.05) is 65.4 Å². The highest BCUT2D eigenvalue weighted by atomic mass is 127. The third-order valence-corrected chi connectivity index (χ3v) is 5.38. The Hall–Kier alpha value is -1.22. The Balaban J connectivity index is 0.00000243. The zero-order valence-corrected chi connectivity index (χ0v) is 18.5. The van der Waals surface area contributed by atoms with E-state index in [0.717, 1.165) is 44.4 Å². The van der Waals surface area contributed by atoms with E-state index in [4.69, 9.17) is 4.74 Å². The Labute approximate surface area is 174 Å². The fraction of sp³-hybridized carbons (Fsp3) is 0.632. The highest BCUT2D eigenvalue weighted by Crippen LogP contribution is 2.28. The van der Waals surface area contributed by atoms with Crippen molar-refractivity contribution in [3.05, 3.63) is 24.3 Å². The molecule has 0 aromatic heterocycles. The van der Waals surface area contributed by atoms with Crippen LogP contribution in [0.1, 0.15) is 12.8 Å². The molecule has 0 saturated carbocycles. The summed E-state index contributed by atoms with van der Waals surface area (Å²) >= 11 is 0. The van der Waals surface area contributed by atoms with Gasteiger partial charge in [0.25, 0.3) is 0 Å². The molecule has 2 aliphatic heterocycles. The van der Waals surface area contributed by atoms with E-state index < -0.39 is 0 Å². The van der Waals surface area contributed by atoms with Gasteiger partial charge >= 0.3 is 0 Å². The first-order valence-corrected chi connectivity index (χ1v) is 9.26. The van der Waals surface area contributed by atoms with E-state index in [1.807, 2.05) is 19.2 Å². The number of piperazine rings is 1. The number of likely N-dealkylation sites (N-methyl/N-ethyl adjacent to an activating group) is 1. The number of likely N-dealkylation sites (tertiary alicyclic amines) is 1. The van der Waals surface area contributed by atoms with E-state index in [-0.39, 0.29) is 24.0 Å². The molecule has 1 N–H and O–H groups in total. The van der Waals surface area contributed by atoms with Crippen molar-refractivity contribution in [3.8, 4) is 5.75 Å². The summed E-state index contributed by atoms with van der Waals surface area (Å²) in [5.41, 5.74) is 1.18. The fourth-order valence-electron chi connectivity index (χ4n) is 3.83. The molecule has 1 aromatic carbocycles. The van der Waals surface area contributed by atoms with Crippen molar-refractivity contribution < 1.29 is 4.74 Å². The number of halogens is 1. The number of benzene rings is 1. The number of nitrogens with zero attached hydrogens (tertiary/aromatic N) is 4. The van der Waals surface area contributed by atoms with Gasteiger partial charge in [-0.25, -0.2) is 0 Å². The maximum Gasteiger partial charge on any atom is 0.193 e. The van der Waals surface area contributed by atoms with Gasteiger partial charge in [-0.2, -0.15) is 0 Å². The van der Waals surface area contributed by atoms with Crippen LogP contribution in [0.25, 0.3) is 0 Å². The summed E-state index contributed by atoms with van der Waals surface area (Å²) in [6, 6.07) is 8.89. The minimum atomic E-state index is 0. The van der Waals surface area contributed by atoms with Gasteiger partial charge < -0.3 is 24.8 Å². The molecule has 2 fully saturated rings. The molecule has 1 unspecified atom stereocenters. The predicted molar refractivity (Wildman–Crippen MR) is 119 cm³/mol. The Morgan fingerprint density at radius 1 is 1.19 bits per heavy atom. The lowest BCUT2D eigenvalue weighted by molar-refractivity contribution is 0.303. The van der Waals surface area contributed by atoms with Crippen LogP contribution in [0.15, 0.2) is 29.3 Å². The van der Waals surface area contributed by atoms with Gasteiger partial charge in [0.15, 0.2) is 5.96 Å². The Bertz CT molecular complexity index is 589. The van der Waals surface area contributed by atoms with Crippen LogP contribution < -0.4 is 15.0 Å². The average Bonchev–Trinajstić information content (AvgIpc) is 3.07. The van der Waals surface area contributed by atoms with Crippen LogP contribution in [0.5, 0.6) is 5.75 Å². The maximum atomic E-state index is 5.50. The van der Waals surface area contributed by atoms with E-state index in [9.17, 15) is 0 Å². The zero-order valence-electron chi connectivity index (χ0n) is 16.1. The molecule has 0 radical (unpaired) electrons. The number of guanidine groups is 1. The highest BCUT2D eigenvalue weighted by molar-refractivity contribution is 14.0. The summed E-state index contributed by atoms with van der Waals surface area (Å²) in [4.78, 5) is 11.7. The number of anilines is 1. The highest BCUT2D eigenvalue weighted by Gasteiger charge is 2.24. The average molecular weight is 473 g/mol. The molecule has 2 aliphatic rings. The molecule has 1 atom stereocenters. The molecule has 146 valence electrons.